The van der Waals surface area contributed by atoms with Gasteiger partial charge in [-0.3, -0.25) is 4.68 Å². The molecule has 1 heterocycles. The molecule has 0 aliphatic carbocycles. The molecule has 0 saturated heterocycles. The second-order valence-corrected chi connectivity index (χ2v) is 4.32. The highest BCUT2D eigenvalue weighted by atomic mass is 35.5. The van der Waals surface area contributed by atoms with Gasteiger partial charge in [0.2, 0.25) is 0 Å². The molecule has 0 aliphatic rings. The molecule has 0 atom stereocenters. The van der Waals surface area contributed by atoms with Crippen LogP contribution in [0.5, 0.6) is 0 Å². The summed E-state index contributed by atoms with van der Waals surface area (Å²) in [6, 6.07) is 5.48. The number of rotatable bonds is 4. The van der Waals surface area contributed by atoms with E-state index in [0.29, 0.717) is 10.7 Å². The third kappa shape index (κ3) is 2.91. The van der Waals surface area contributed by atoms with E-state index in [4.69, 9.17) is 17.3 Å². The number of halogens is 1. The Hall–Kier alpha value is -1.68. The van der Waals surface area contributed by atoms with Crippen LogP contribution in [-0.4, -0.2) is 16.3 Å². The first kappa shape index (κ1) is 11.8. The summed E-state index contributed by atoms with van der Waals surface area (Å²) < 4.78 is 1.88. The second-order valence-electron chi connectivity index (χ2n) is 3.91. The first-order chi connectivity index (χ1) is 8.16. The van der Waals surface area contributed by atoms with E-state index in [0.717, 1.165) is 24.3 Å². The second kappa shape index (κ2) is 5.10. The normalized spacial score (nSPS) is 10.5. The van der Waals surface area contributed by atoms with Crippen LogP contribution in [0.2, 0.25) is 5.02 Å². The lowest BCUT2D eigenvalue weighted by Crippen LogP contribution is -2.12. The number of nitrogen functional groups attached to an aromatic ring is 1. The largest absolute Gasteiger partial charge is 0.397 e. The Morgan fingerprint density at radius 3 is 2.94 bits per heavy atom. The SMILES string of the molecule is Cc1cnn(CCNc2c(N)cccc2Cl)c1. The van der Waals surface area contributed by atoms with Gasteiger partial charge in [-0.2, -0.15) is 5.10 Å². The maximum atomic E-state index is 6.05. The minimum absolute atomic E-state index is 0.640. The van der Waals surface area contributed by atoms with Crippen molar-refractivity contribution in [1.29, 1.82) is 0 Å². The van der Waals surface area contributed by atoms with E-state index in [1.807, 2.05) is 42.2 Å². The summed E-state index contributed by atoms with van der Waals surface area (Å²) in [7, 11) is 0. The van der Waals surface area contributed by atoms with Crippen LogP contribution < -0.4 is 11.1 Å². The van der Waals surface area contributed by atoms with E-state index in [1.54, 1.807) is 0 Å². The number of aryl methyl sites for hydroxylation is 1. The van der Waals surface area contributed by atoms with Crippen molar-refractivity contribution in [3.05, 3.63) is 41.2 Å². The summed E-state index contributed by atoms with van der Waals surface area (Å²) in [5, 5.41) is 8.07. The van der Waals surface area contributed by atoms with Crippen molar-refractivity contribution < 1.29 is 0 Å². The Labute approximate surface area is 105 Å². The quantitative estimate of drug-likeness (QED) is 0.820. The zero-order valence-electron chi connectivity index (χ0n) is 9.65. The maximum Gasteiger partial charge on any atom is 0.0763 e. The Bertz CT molecular complexity index is 487. The fourth-order valence-corrected chi connectivity index (χ4v) is 1.86. The molecule has 5 heteroatoms. The molecule has 0 radical (unpaired) electrons. The number of benzene rings is 1. The van der Waals surface area contributed by atoms with Gasteiger partial charge in [0.1, 0.15) is 0 Å². The number of nitrogens with two attached hydrogens (primary N) is 1. The maximum absolute atomic E-state index is 6.05. The van der Waals surface area contributed by atoms with E-state index in [2.05, 4.69) is 10.4 Å². The fourth-order valence-electron chi connectivity index (χ4n) is 1.61. The molecular formula is C12H15ClN4. The summed E-state index contributed by atoms with van der Waals surface area (Å²) in [6.45, 7) is 3.52. The van der Waals surface area contributed by atoms with Gasteiger partial charge in [0.15, 0.2) is 0 Å². The van der Waals surface area contributed by atoms with Gasteiger partial charge >= 0.3 is 0 Å². The predicted octanol–water partition coefficient (Wildman–Crippen LogP) is 2.54. The molecule has 0 amide bonds. The molecule has 17 heavy (non-hydrogen) atoms. The highest BCUT2D eigenvalue weighted by molar-refractivity contribution is 6.33. The van der Waals surface area contributed by atoms with Crippen LogP contribution >= 0.6 is 11.6 Å². The lowest BCUT2D eigenvalue weighted by molar-refractivity contribution is 0.637. The van der Waals surface area contributed by atoms with Gasteiger partial charge in [-0.25, -0.2) is 0 Å². The van der Waals surface area contributed by atoms with Crippen molar-refractivity contribution in [1.82, 2.24) is 9.78 Å². The third-order valence-corrected chi connectivity index (χ3v) is 2.77. The molecule has 1 aromatic carbocycles. The number of anilines is 2. The van der Waals surface area contributed by atoms with Gasteiger partial charge in [-0.15, -0.1) is 0 Å². The number of nitrogens with zero attached hydrogens (tertiary/aromatic N) is 2. The summed E-state index contributed by atoms with van der Waals surface area (Å²) in [4.78, 5) is 0. The van der Waals surface area contributed by atoms with Crippen molar-refractivity contribution in [3.8, 4) is 0 Å². The van der Waals surface area contributed by atoms with E-state index >= 15 is 0 Å². The number of aromatic nitrogens is 2. The topological polar surface area (TPSA) is 55.9 Å². The lowest BCUT2D eigenvalue weighted by Gasteiger charge is -2.10. The first-order valence-corrected chi connectivity index (χ1v) is 5.81. The number of hydrogen-bond acceptors (Lipinski definition) is 3. The third-order valence-electron chi connectivity index (χ3n) is 2.45. The van der Waals surface area contributed by atoms with Gasteiger partial charge in [0, 0.05) is 12.7 Å². The van der Waals surface area contributed by atoms with Crippen LogP contribution in [0, 0.1) is 6.92 Å². The molecule has 0 fully saturated rings. The van der Waals surface area contributed by atoms with E-state index < -0.39 is 0 Å². The molecule has 3 N–H and O–H groups in total. The van der Waals surface area contributed by atoms with Crippen molar-refractivity contribution in [2.45, 2.75) is 13.5 Å². The van der Waals surface area contributed by atoms with Gasteiger partial charge in [0.05, 0.1) is 29.1 Å². The molecule has 0 bridgehead atoms. The molecule has 2 aromatic rings. The Balaban J connectivity index is 1.94. The first-order valence-electron chi connectivity index (χ1n) is 5.44. The minimum Gasteiger partial charge on any atom is -0.397 e. The van der Waals surface area contributed by atoms with Crippen LogP contribution in [0.3, 0.4) is 0 Å². The van der Waals surface area contributed by atoms with Crippen LogP contribution in [-0.2, 0) is 6.54 Å². The number of nitrogens with one attached hydrogen (secondary N) is 1. The molecule has 0 spiro atoms. The van der Waals surface area contributed by atoms with E-state index in [1.165, 1.54) is 0 Å². The average Bonchev–Trinajstić information content (AvgIpc) is 2.69. The summed E-state index contributed by atoms with van der Waals surface area (Å²) >= 11 is 6.05. The molecule has 90 valence electrons. The highest BCUT2D eigenvalue weighted by Gasteiger charge is 2.03. The van der Waals surface area contributed by atoms with Gasteiger partial charge in [-0.1, -0.05) is 17.7 Å². The van der Waals surface area contributed by atoms with E-state index in [9.17, 15) is 0 Å². The lowest BCUT2D eigenvalue weighted by atomic mass is 10.2. The molecule has 4 nitrogen and oxygen atoms in total. The van der Waals surface area contributed by atoms with Gasteiger partial charge in [-0.05, 0) is 24.6 Å². The molecular weight excluding hydrogens is 236 g/mol. The summed E-state index contributed by atoms with van der Waals surface area (Å²) in [6.07, 6.45) is 3.83. The van der Waals surface area contributed by atoms with Crippen LogP contribution in [0.1, 0.15) is 5.56 Å². The molecule has 1 aromatic heterocycles. The summed E-state index contributed by atoms with van der Waals surface area (Å²) in [5.74, 6) is 0. The minimum atomic E-state index is 0.640. The van der Waals surface area contributed by atoms with Crippen LogP contribution in [0.25, 0.3) is 0 Å². The zero-order chi connectivity index (χ0) is 12.3. The van der Waals surface area contributed by atoms with Crippen LogP contribution in [0.4, 0.5) is 11.4 Å². The Morgan fingerprint density at radius 1 is 1.47 bits per heavy atom. The van der Waals surface area contributed by atoms with E-state index in [-0.39, 0.29) is 0 Å². The van der Waals surface area contributed by atoms with Gasteiger partial charge in [0.25, 0.3) is 0 Å². The predicted molar refractivity (Wildman–Crippen MR) is 71.3 cm³/mol. The molecule has 0 aliphatic heterocycles. The smallest absolute Gasteiger partial charge is 0.0763 e. The number of hydrogen-bond donors (Lipinski definition) is 2. The fraction of sp³-hybridized carbons (Fsp3) is 0.250. The molecule has 2 rings (SSSR count). The van der Waals surface area contributed by atoms with Crippen molar-refractivity contribution in [2.75, 3.05) is 17.6 Å². The standard InChI is InChI=1S/C12H15ClN4/c1-9-7-16-17(8-9)6-5-15-12-10(13)3-2-4-11(12)14/h2-4,7-8,15H,5-6,14H2,1H3. The molecule has 0 saturated carbocycles. The van der Waals surface area contributed by atoms with Gasteiger partial charge < -0.3 is 11.1 Å². The summed E-state index contributed by atoms with van der Waals surface area (Å²) in [5.41, 5.74) is 8.44. The van der Waals surface area contributed by atoms with Crippen molar-refractivity contribution in [3.63, 3.8) is 0 Å². The number of para-hydroxylation sites is 1. The molecule has 0 unspecified atom stereocenters. The van der Waals surface area contributed by atoms with Crippen molar-refractivity contribution >= 4 is 23.0 Å². The Kier molecular flexibility index (Phi) is 3.54. The van der Waals surface area contributed by atoms with Crippen LogP contribution in [0.15, 0.2) is 30.6 Å². The van der Waals surface area contributed by atoms with Crippen molar-refractivity contribution in [2.24, 2.45) is 0 Å². The average molecular weight is 251 g/mol. The highest BCUT2D eigenvalue weighted by Crippen LogP contribution is 2.27. The monoisotopic (exact) mass is 250 g/mol. The zero-order valence-corrected chi connectivity index (χ0v) is 10.4. The Morgan fingerprint density at radius 2 is 2.29 bits per heavy atom.